The Kier molecular flexibility index (Phi) is 6.29. The number of hydrogen-bond acceptors (Lipinski definition) is 2. The van der Waals surface area contributed by atoms with Gasteiger partial charge in [-0.05, 0) is 38.3 Å². The Labute approximate surface area is 81.2 Å². The molecule has 0 aromatic carbocycles. The van der Waals surface area contributed by atoms with E-state index in [0.29, 0.717) is 12.3 Å². The summed E-state index contributed by atoms with van der Waals surface area (Å²) in [6, 6.07) is 0. The second kappa shape index (κ2) is 6.70. The molecule has 1 unspecified atom stereocenters. The van der Waals surface area contributed by atoms with Gasteiger partial charge < -0.3 is 10.5 Å². The van der Waals surface area contributed by atoms with E-state index in [1.165, 1.54) is 5.57 Å². The van der Waals surface area contributed by atoms with Crippen LogP contribution in [0.3, 0.4) is 0 Å². The standard InChI is InChI=1S/C11H21NO/c1-4-11(8-12)6-5-9(2)7-10(3)13/h8-9H,4-7,12H2,1-3H3/b11-8-. The fourth-order valence-electron chi connectivity index (χ4n) is 1.40. The molecule has 0 spiro atoms. The van der Waals surface area contributed by atoms with Crippen molar-refractivity contribution in [3.63, 3.8) is 0 Å². The molecule has 0 aromatic rings. The van der Waals surface area contributed by atoms with Crippen molar-refractivity contribution >= 4 is 5.78 Å². The molecule has 0 radical (unpaired) electrons. The Morgan fingerprint density at radius 2 is 2.15 bits per heavy atom. The largest absolute Gasteiger partial charge is 0.405 e. The fourth-order valence-corrected chi connectivity index (χ4v) is 1.40. The summed E-state index contributed by atoms with van der Waals surface area (Å²) in [5, 5.41) is 0. The van der Waals surface area contributed by atoms with Gasteiger partial charge in [-0.15, -0.1) is 0 Å². The van der Waals surface area contributed by atoms with Crippen LogP contribution in [0.5, 0.6) is 0 Å². The molecular weight excluding hydrogens is 162 g/mol. The average Bonchev–Trinajstić information content (AvgIpc) is 2.05. The van der Waals surface area contributed by atoms with Crippen molar-refractivity contribution in [2.24, 2.45) is 11.7 Å². The van der Waals surface area contributed by atoms with E-state index in [2.05, 4.69) is 13.8 Å². The lowest BCUT2D eigenvalue weighted by Crippen LogP contribution is -2.02. The van der Waals surface area contributed by atoms with Crippen molar-refractivity contribution in [3.8, 4) is 0 Å². The average molecular weight is 183 g/mol. The van der Waals surface area contributed by atoms with Crippen LogP contribution in [-0.4, -0.2) is 5.78 Å². The lowest BCUT2D eigenvalue weighted by atomic mass is 9.96. The third-order valence-corrected chi connectivity index (χ3v) is 2.28. The summed E-state index contributed by atoms with van der Waals surface area (Å²) in [4.78, 5) is 10.8. The minimum absolute atomic E-state index is 0.280. The van der Waals surface area contributed by atoms with Crippen molar-refractivity contribution in [2.75, 3.05) is 0 Å². The second-order valence-corrected chi connectivity index (χ2v) is 3.73. The summed E-state index contributed by atoms with van der Waals surface area (Å²) in [6.07, 6.45) is 5.50. The van der Waals surface area contributed by atoms with Crippen LogP contribution in [0.15, 0.2) is 11.8 Å². The topological polar surface area (TPSA) is 43.1 Å². The first-order valence-corrected chi connectivity index (χ1v) is 4.99. The molecule has 0 aliphatic carbocycles. The van der Waals surface area contributed by atoms with E-state index in [4.69, 9.17) is 5.73 Å². The number of carbonyl (C=O) groups excluding carboxylic acids is 1. The summed E-state index contributed by atoms with van der Waals surface area (Å²) in [6.45, 7) is 5.87. The van der Waals surface area contributed by atoms with Crippen LogP contribution in [-0.2, 0) is 4.79 Å². The summed E-state index contributed by atoms with van der Waals surface area (Å²) >= 11 is 0. The highest BCUT2D eigenvalue weighted by Crippen LogP contribution is 2.16. The zero-order chi connectivity index (χ0) is 10.3. The van der Waals surface area contributed by atoms with Crippen LogP contribution < -0.4 is 5.73 Å². The highest BCUT2D eigenvalue weighted by atomic mass is 16.1. The Bertz CT molecular complexity index is 185. The van der Waals surface area contributed by atoms with E-state index in [1.54, 1.807) is 13.1 Å². The molecule has 0 fully saturated rings. The summed E-state index contributed by atoms with van der Waals surface area (Å²) < 4.78 is 0. The Morgan fingerprint density at radius 1 is 1.54 bits per heavy atom. The van der Waals surface area contributed by atoms with Crippen molar-refractivity contribution < 1.29 is 4.79 Å². The van der Waals surface area contributed by atoms with Crippen LogP contribution in [0.1, 0.15) is 46.5 Å². The van der Waals surface area contributed by atoms with Crippen molar-refractivity contribution in [1.82, 2.24) is 0 Å². The molecule has 0 saturated carbocycles. The van der Waals surface area contributed by atoms with Gasteiger partial charge in [0.15, 0.2) is 0 Å². The fraction of sp³-hybridized carbons (Fsp3) is 0.727. The van der Waals surface area contributed by atoms with Gasteiger partial charge >= 0.3 is 0 Å². The Morgan fingerprint density at radius 3 is 2.54 bits per heavy atom. The number of Topliss-reactive ketones (excluding diaryl/α,β-unsaturated/α-hetero) is 1. The van der Waals surface area contributed by atoms with E-state index in [-0.39, 0.29) is 5.78 Å². The molecule has 0 rings (SSSR count). The highest BCUT2D eigenvalue weighted by Gasteiger charge is 2.05. The maximum absolute atomic E-state index is 10.8. The first kappa shape index (κ1) is 12.2. The van der Waals surface area contributed by atoms with Gasteiger partial charge in [0.1, 0.15) is 5.78 Å². The molecule has 13 heavy (non-hydrogen) atoms. The van der Waals surface area contributed by atoms with Gasteiger partial charge in [0, 0.05) is 6.42 Å². The molecule has 0 amide bonds. The predicted octanol–water partition coefficient (Wildman–Crippen LogP) is 2.63. The van der Waals surface area contributed by atoms with Gasteiger partial charge in [-0.1, -0.05) is 19.4 Å². The van der Waals surface area contributed by atoms with E-state index in [9.17, 15) is 4.79 Å². The maximum atomic E-state index is 10.8. The highest BCUT2D eigenvalue weighted by molar-refractivity contribution is 5.75. The number of hydrogen-bond donors (Lipinski definition) is 1. The van der Waals surface area contributed by atoms with Gasteiger partial charge in [-0.3, -0.25) is 0 Å². The summed E-state index contributed by atoms with van der Waals surface area (Å²) in [5.41, 5.74) is 6.73. The van der Waals surface area contributed by atoms with E-state index in [1.807, 2.05) is 0 Å². The molecular formula is C11H21NO. The molecule has 2 heteroatoms. The zero-order valence-corrected chi connectivity index (χ0v) is 8.97. The SMILES string of the molecule is CC/C(=C/N)CCC(C)CC(C)=O. The monoisotopic (exact) mass is 183 g/mol. The van der Waals surface area contributed by atoms with Gasteiger partial charge in [-0.25, -0.2) is 0 Å². The van der Waals surface area contributed by atoms with E-state index >= 15 is 0 Å². The quantitative estimate of drug-likeness (QED) is 0.688. The molecule has 0 heterocycles. The molecule has 2 nitrogen and oxygen atoms in total. The molecule has 1 atom stereocenters. The number of rotatable bonds is 6. The van der Waals surface area contributed by atoms with Crippen molar-refractivity contribution in [2.45, 2.75) is 46.5 Å². The van der Waals surface area contributed by atoms with Gasteiger partial charge in [-0.2, -0.15) is 0 Å². The van der Waals surface area contributed by atoms with Crippen LogP contribution >= 0.6 is 0 Å². The predicted molar refractivity (Wildman–Crippen MR) is 56.3 cm³/mol. The number of ketones is 1. The molecule has 0 aliphatic rings. The lowest BCUT2D eigenvalue weighted by Gasteiger charge is -2.09. The van der Waals surface area contributed by atoms with Gasteiger partial charge in [0.25, 0.3) is 0 Å². The number of carbonyl (C=O) groups is 1. The molecule has 0 aromatic heterocycles. The number of allylic oxidation sites excluding steroid dienone is 1. The molecule has 0 bridgehead atoms. The lowest BCUT2D eigenvalue weighted by molar-refractivity contribution is -0.117. The minimum Gasteiger partial charge on any atom is -0.405 e. The molecule has 2 N–H and O–H groups in total. The molecule has 76 valence electrons. The van der Waals surface area contributed by atoms with Crippen molar-refractivity contribution in [1.29, 1.82) is 0 Å². The second-order valence-electron chi connectivity index (χ2n) is 3.73. The van der Waals surface area contributed by atoms with Crippen LogP contribution in [0.4, 0.5) is 0 Å². The minimum atomic E-state index is 0.280. The third kappa shape index (κ3) is 6.38. The molecule has 0 saturated heterocycles. The maximum Gasteiger partial charge on any atom is 0.130 e. The van der Waals surface area contributed by atoms with E-state index in [0.717, 1.165) is 19.3 Å². The van der Waals surface area contributed by atoms with Crippen LogP contribution in [0, 0.1) is 5.92 Å². The summed E-state index contributed by atoms with van der Waals surface area (Å²) in [7, 11) is 0. The van der Waals surface area contributed by atoms with Crippen LogP contribution in [0.25, 0.3) is 0 Å². The first-order valence-electron chi connectivity index (χ1n) is 4.99. The van der Waals surface area contributed by atoms with Crippen molar-refractivity contribution in [3.05, 3.63) is 11.8 Å². The first-order chi connectivity index (χ1) is 6.10. The van der Waals surface area contributed by atoms with Crippen LogP contribution in [0.2, 0.25) is 0 Å². The summed E-state index contributed by atoms with van der Waals surface area (Å²) in [5.74, 6) is 0.765. The zero-order valence-electron chi connectivity index (χ0n) is 8.97. The number of nitrogens with two attached hydrogens (primary N) is 1. The normalized spacial score (nSPS) is 14.2. The van der Waals surface area contributed by atoms with E-state index < -0.39 is 0 Å². The smallest absolute Gasteiger partial charge is 0.130 e. The Balaban J connectivity index is 3.68. The Hall–Kier alpha value is -0.790. The third-order valence-electron chi connectivity index (χ3n) is 2.28. The van der Waals surface area contributed by atoms with Gasteiger partial charge in [0.2, 0.25) is 0 Å². The molecule has 0 aliphatic heterocycles. The van der Waals surface area contributed by atoms with Gasteiger partial charge in [0.05, 0.1) is 0 Å².